The second-order valence-electron chi connectivity index (χ2n) is 7.27. The molecule has 6 heteroatoms. The average Bonchev–Trinajstić information content (AvgIpc) is 3.17. The number of hydrogen-bond acceptors (Lipinski definition) is 2. The Morgan fingerprint density at radius 1 is 1.03 bits per heavy atom. The van der Waals surface area contributed by atoms with Crippen LogP contribution in [-0.4, -0.2) is 23.4 Å². The predicted octanol–water partition coefficient (Wildman–Crippen LogP) is 5.57. The summed E-state index contributed by atoms with van der Waals surface area (Å²) in [6.45, 7) is 2.53. The monoisotopic (exact) mass is 430 g/mol. The number of amides is 1. The molecule has 1 amide bonds. The number of nitrogens with zero attached hydrogens (tertiary/aromatic N) is 1. The highest BCUT2D eigenvalue weighted by Crippen LogP contribution is 2.18. The van der Waals surface area contributed by atoms with E-state index in [-0.39, 0.29) is 5.91 Å². The number of benzene rings is 3. The molecule has 1 heterocycles. The Balaban J connectivity index is 1.53. The van der Waals surface area contributed by atoms with Crippen molar-refractivity contribution >= 4 is 40.1 Å². The number of aromatic amines is 1. The summed E-state index contributed by atoms with van der Waals surface area (Å²) < 4.78 is 0. The number of nitrogens with one attached hydrogen (secondary N) is 3. The molecule has 0 fully saturated rings. The van der Waals surface area contributed by atoms with E-state index in [1.54, 1.807) is 24.3 Å². The molecule has 3 N–H and O–H groups in total. The summed E-state index contributed by atoms with van der Waals surface area (Å²) in [5.41, 5.74) is 4.66. The van der Waals surface area contributed by atoms with Crippen molar-refractivity contribution in [2.24, 2.45) is 4.99 Å². The molecule has 0 radical (unpaired) electrons. The van der Waals surface area contributed by atoms with Crippen molar-refractivity contribution in [2.75, 3.05) is 11.9 Å². The van der Waals surface area contributed by atoms with Crippen LogP contribution in [0, 0.1) is 6.92 Å². The molecule has 5 nitrogen and oxygen atoms in total. The number of halogens is 1. The molecule has 0 bridgehead atoms. The molecule has 31 heavy (non-hydrogen) atoms. The van der Waals surface area contributed by atoms with E-state index in [2.05, 4.69) is 32.7 Å². The first-order valence-electron chi connectivity index (χ1n) is 10.1. The molecule has 0 unspecified atom stereocenters. The number of carbonyl (C=O) groups excluding carboxylic acids is 1. The highest BCUT2D eigenvalue weighted by Gasteiger charge is 2.12. The first kappa shape index (κ1) is 20.7. The highest BCUT2D eigenvalue weighted by atomic mass is 35.5. The Bertz CT molecular complexity index is 1250. The second kappa shape index (κ2) is 9.49. The lowest BCUT2D eigenvalue weighted by molar-refractivity contribution is 0.0977. The number of rotatable bonds is 5. The van der Waals surface area contributed by atoms with E-state index in [1.807, 2.05) is 49.5 Å². The summed E-state index contributed by atoms with van der Waals surface area (Å²) in [5.74, 6) is 0.0759. The number of para-hydroxylation sites is 1. The molecule has 1 aromatic heterocycles. The van der Waals surface area contributed by atoms with E-state index < -0.39 is 0 Å². The van der Waals surface area contributed by atoms with Crippen LogP contribution in [0.5, 0.6) is 0 Å². The Kier molecular flexibility index (Phi) is 6.34. The van der Waals surface area contributed by atoms with Crippen LogP contribution >= 0.6 is 11.6 Å². The number of anilines is 1. The average molecular weight is 431 g/mol. The highest BCUT2D eigenvalue weighted by molar-refractivity contribution is 6.34. The number of H-pyrrole nitrogens is 1. The Hall–Kier alpha value is -3.57. The summed E-state index contributed by atoms with van der Waals surface area (Å²) in [6, 6.07) is 23.0. The third-order valence-electron chi connectivity index (χ3n) is 4.96. The minimum atomic E-state index is -0.309. The van der Waals surface area contributed by atoms with Gasteiger partial charge in [0.15, 0.2) is 0 Å². The van der Waals surface area contributed by atoms with Crippen molar-refractivity contribution in [3.63, 3.8) is 0 Å². The Morgan fingerprint density at radius 3 is 2.68 bits per heavy atom. The maximum atomic E-state index is 12.8. The van der Waals surface area contributed by atoms with E-state index >= 15 is 0 Å². The Labute approximate surface area is 186 Å². The number of aliphatic imine (C=N–C) groups is 1. The fourth-order valence-electron chi connectivity index (χ4n) is 3.42. The number of fused-ring (bicyclic) bond motifs is 1. The molecule has 0 saturated carbocycles. The van der Waals surface area contributed by atoms with Gasteiger partial charge in [-0.1, -0.05) is 54.1 Å². The molecule has 4 rings (SSSR count). The standard InChI is InChI=1S/C25H23ClN4O/c1-17-7-6-8-19(15-17)29-25(30-24(31)21-10-2-4-11-22(21)26)27-14-13-18-16-28-23-12-5-3-9-20(18)23/h2-12,15-16,28H,13-14H2,1H3,(H2,27,29,30,31). The molecule has 0 aliphatic rings. The van der Waals surface area contributed by atoms with Gasteiger partial charge in [-0.3, -0.25) is 15.1 Å². The summed E-state index contributed by atoms with van der Waals surface area (Å²) in [5, 5.41) is 7.67. The van der Waals surface area contributed by atoms with Gasteiger partial charge in [0.05, 0.1) is 10.6 Å². The van der Waals surface area contributed by atoms with Crippen LogP contribution in [0.25, 0.3) is 10.9 Å². The molecule has 0 spiro atoms. The van der Waals surface area contributed by atoms with Gasteiger partial charge in [-0.05, 0) is 54.8 Å². The van der Waals surface area contributed by atoms with Crippen molar-refractivity contribution < 1.29 is 4.79 Å². The summed E-state index contributed by atoms with van der Waals surface area (Å²) >= 11 is 6.19. The van der Waals surface area contributed by atoms with Gasteiger partial charge in [0.2, 0.25) is 5.96 Å². The fourth-order valence-corrected chi connectivity index (χ4v) is 3.64. The predicted molar refractivity (Wildman–Crippen MR) is 128 cm³/mol. The Morgan fingerprint density at radius 2 is 1.84 bits per heavy atom. The lowest BCUT2D eigenvalue weighted by Gasteiger charge is -2.13. The van der Waals surface area contributed by atoms with Crippen LogP contribution in [0.2, 0.25) is 5.02 Å². The second-order valence-corrected chi connectivity index (χ2v) is 7.68. The van der Waals surface area contributed by atoms with Crippen molar-refractivity contribution in [3.05, 3.63) is 101 Å². The number of guanidine groups is 1. The van der Waals surface area contributed by atoms with E-state index in [1.165, 1.54) is 10.9 Å². The van der Waals surface area contributed by atoms with Gasteiger partial charge in [-0.25, -0.2) is 0 Å². The summed E-state index contributed by atoms with van der Waals surface area (Å²) in [6.07, 6.45) is 2.75. The first-order valence-corrected chi connectivity index (χ1v) is 10.5. The zero-order chi connectivity index (χ0) is 21.6. The van der Waals surface area contributed by atoms with E-state index in [0.717, 1.165) is 23.2 Å². The molecule has 0 aliphatic carbocycles. The van der Waals surface area contributed by atoms with Crippen molar-refractivity contribution in [1.29, 1.82) is 0 Å². The minimum absolute atomic E-state index is 0.309. The third kappa shape index (κ3) is 5.13. The maximum Gasteiger partial charge on any atom is 0.259 e. The molecule has 4 aromatic rings. The van der Waals surface area contributed by atoms with E-state index in [4.69, 9.17) is 11.6 Å². The molecular weight excluding hydrogens is 408 g/mol. The van der Waals surface area contributed by atoms with Crippen molar-refractivity contribution in [3.8, 4) is 0 Å². The number of hydrogen-bond donors (Lipinski definition) is 3. The van der Waals surface area contributed by atoms with Crippen LogP contribution in [0.1, 0.15) is 21.5 Å². The van der Waals surface area contributed by atoms with Gasteiger partial charge < -0.3 is 10.3 Å². The number of carbonyl (C=O) groups is 1. The topological polar surface area (TPSA) is 69.3 Å². The van der Waals surface area contributed by atoms with Gasteiger partial charge in [-0.15, -0.1) is 0 Å². The SMILES string of the molecule is Cc1cccc(NC(=NCCc2c[nH]c3ccccc23)NC(=O)c2ccccc2Cl)c1. The van der Waals surface area contributed by atoms with Gasteiger partial charge in [0.25, 0.3) is 5.91 Å². The van der Waals surface area contributed by atoms with Gasteiger partial charge in [0, 0.05) is 29.3 Å². The summed E-state index contributed by atoms with van der Waals surface area (Å²) in [4.78, 5) is 20.7. The first-order chi connectivity index (χ1) is 15.1. The van der Waals surface area contributed by atoms with Crippen molar-refractivity contribution in [2.45, 2.75) is 13.3 Å². The third-order valence-corrected chi connectivity index (χ3v) is 5.29. The molecule has 156 valence electrons. The maximum absolute atomic E-state index is 12.8. The van der Waals surface area contributed by atoms with Crippen LogP contribution in [-0.2, 0) is 6.42 Å². The fraction of sp³-hybridized carbons (Fsp3) is 0.120. The zero-order valence-electron chi connectivity index (χ0n) is 17.2. The lowest BCUT2D eigenvalue weighted by atomic mass is 10.1. The van der Waals surface area contributed by atoms with E-state index in [9.17, 15) is 4.79 Å². The van der Waals surface area contributed by atoms with E-state index in [0.29, 0.717) is 23.1 Å². The normalized spacial score (nSPS) is 11.5. The molecule has 3 aromatic carbocycles. The molecule has 0 atom stereocenters. The van der Waals surface area contributed by atoms with Crippen LogP contribution < -0.4 is 10.6 Å². The largest absolute Gasteiger partial charge is 0.361 e. The minimum Gasteiger partial charge on any atom is -0.361 e. The number of aromatic nitrogens is 1. The molecule has 0 aliphatic heterocycles. The van der Waals surface area contributed by atoms with Crippen LogP contribution in [0.15, 0.2) is 84.0 Å². The lowest BCUT2D eigenvalue weighted by Crippen LogP contribution is -2.36. The van der Waals surface area contributed by atoms with Crippen LogP contribution in [0.4, 0.5) is 5.69 Å². The van der Waals surface area contributed by atoms with Crippen molar-refractivity contribution in [1.82, 2.24) is 10.3 Å². The molecular formula is C25H23ClN4O. The zero-order valence-corrected chi connectivity index (χ0v) is 17.9. The van der Waals surface area contributed by atoms with Gasteiger partial charge >= 0.3 is 0 Å². The summed E-state index contributed by atoms with van der Waals surface area (Å²) in [7, 11) is 0. The number of aryl methyl sites for hydroxylation is 1. The van der Waals surface area contributed by atoms with Gasteiger partial charge in [0.1, 0.15) is 0 Å². The smallest absolute Gasteiger partial charge is 0.259 e. The van der Waals surface area contributed by atoms with Gasteiger partial charge in [-0.2, -0.15) is 0 Å². The van der Waals surface area contributed by atoms with Crippen LogP contribution in [0.3, 0.4) is 0 Å². The quantitative estimate of drug-likeness (QED) is 0.286. The molecule has 0 saturated heterocycles.